The van der Waals surface area contributed by atoms with Crippen LogP contribution in [0.15, 0.2) is 0 Å². The third kappa shape index (κ3) is 8.03. The molecule has 0 spiro atoms. The van der Waals surface area contributed by atoms with E-state index in [0.717, 1.165) is 13.0 Å². The van der Waals surface area contributed by atoms with Crippen molar-refractivity contribution in [3.05, 3.63) is 0 Å². The number of hydrogen-bond acceptors (Lipinski definition) is 4. The van der Waals surface area contributed by atoms with Gasteiger partial charge in [-0.25, -0.2) is 4.79 Å². The summed E-state index contributed by atoms with van der Waals surface area (Å²) in [5.74, 6) is 0.129. The summed E-state index contributed by atoms with van der Waals surface area (Å²) in [5, 5.41) is 4.77. The van der Waals surface area contributed by atoms with E-state index in [0.29, 0.717) is 12.5 Å². The van der Waals surface area contributed by atoms with Crippen molar-refractivity contribution in [2.45, 2.75) is 33.2 Å². The monoisotopic (exact) mass is 258 g/mol. The Morgan fingerprint density at radius 1 is 1.33 bits per heavy atom. The molecule has 0 aliphatic heterocycles. The Bertz CT molecular complexity index is 269. The van der Waals surface area contributed by atoms with E-state index < -0.39 is 6.03 Å². The van der Waals surface area contributed by atoms with Crippen LogP contribution in [0.1, 0.15) is 27.2 Å². The Balaban J connectivity index is 3.83. The molecule has 0 rings (SSSR count). The molecule has 3 amide bonds. The van der Waals surface area contributed by atoms with Crippen molar-refractivity contribution >= 4 is 11.9 Å². The zero-order chi connectivity index (χ0) is 14.1. The van der Waals surface area contributed by atoms with Crippen LogP contribution in [0.3, 0.4) is 0 Å². The van der Waals surface area contributed by atoms with Gasteiger partial charge in [-0.2, -0.15) is 0 Å². The standard InChI is InChI=1S/C12H26N4O2/c1-5-14-12(18)15-11(17)8-16(4)7-6-10(13)9(2)3/h9-10H,5-8,13H2,1-4H3,(H2,14,15,17,18). The molecule has 0 bridgehead atoms. The molecule has 1 atom stereocenters. The molecule has 6 nitrogen and oxygen atoms in total. The van der Waals surface area contributed by atoms with Crippen LogP contribution in [0.2, 0.25) is 0 Å². The first-order valence-corrected chi connectivity index (χ1v) is 6.38. The number of urea groups is 1. The number of imide groups is 1. The van der Waals surface area contributed by atoms with Crippen LogP contribution < -0.4 is 16.4 Å². The van der Waals surface area contributed by atoms with Gasteiger partial charge in [-0.3, -0.25) is 15.0 Å². The van der Waals surface area contributed by atoms with E-state index in [4.69, 9.17) is 5.73 Å². The van der Waals surface area contributed by atoms with Gasteiger partial charge >= 0.3 is 6.03 Å². The van der Waals surface area contributed by atoms with E-state index in [-0.39, 0.29) is 18.5 Å². The number of nitrogens with zero attached hydrogens (tertiary/aromatic N) is 1. The Morgan fingerprint density at radius 3 is 2.44 bits per heavy atom. The lowest BCUT2D eigenvalue weighted by molar-refractivity contribution is -0.120. The number of nitrogens with two attached hydrogens (primary N) is 1. The van der Waals surface area contributed by atoms with Gasteiger partial charge in [0.05, 0.1) is 6.54 Å². The minimum atomic E-state index is -0.449. The van der Waals surface area contributed by atoms with Gasteiger partial charge in [0.25, 0.3) is 0 Å². The summed E-state index contributed by atoms with van der Waals surface area (Å²) in [6, 6.07) is -0.311. The summed E-state index contributed by atoms with van der Waals surface area (Å²) >= 11 is 0. The maximum absolute atomic E-state index is 11.5. The third-order valence-corrected chi connectivity index (χ3v) is 2.70. The topological polar surface area (TPSA) is 87.5 Å². The highest BCUT2D eigenvalue weighted by molar-refractivity contribution is 5.95. The Kier molecular flexibility index (Phi) is 8.32. The fourth-order valence-electron chi connectivity index (χ4n) is 1.40. The zero-order valence-electron chi connectivity index (χ0n) is 11.8. The molecular weight excluding hydrogens is 232 g/mol. The molecule has 0 aromatic rings. The summed E-state index contributed by atoms with van der Waals surface area (Å²) in [6.45, 7) is 7.38. The SMILES string of the molecule is CCNC(=O)NC(=O)CN(C)CCC(N)C(C)C. The van der Waals surface area contributed by atoms with E-state index in [1.807, 2.05) is 11.9 Å². The van der Waals surface area contributed by atoms with Crippen LogP contribution >= 0.6 is 0 Å². The highest BCUT2D eigenvalue weighted by Gasteiger charge is 2.12. The van der Waals surface area contributed by atoms with Crippen molar-refractivity contribution in [2.75, 3.05) is 26.7 Å². The molecule has 0 saturated heterocycles. The minimum Gasteiger partial charge on any atom is -0.338 e. The summed E-state index contributed by atoms with van der Waals surface area (Å²) in [5.41, 5.74) is 5.92. The molecule has 0 aliphatic rings. The molecule has 0 radical (unpaired) electrons. The molecule has 0 saturated carbocycles. The summed E-state index contributed by atoms with van der Waals surface area (Å²) in [7, 11) is 1.84. The Hall–Kier alpha value is -1.14. The average Bonchev–Trinajstić information content (AvgIpc) is 2.25. The van der Waals surface area contributed by atoms with E-state index in [1.54, 1.807) is 6.92 Å². The fourth-order valence-corrected chi connectivity index (χ4v) is 1.40. The van der Waals surface area contributed by atoms with E-state index >= 15 is 0 Å². The molecule has 4 N–H and O–H groups in total. The summed E-state index contributed by atoms with van der Waals surface area (Å²) in [4.78, 5) is 24.4. The van der Waals surface area contributed by atoms with Crippen molar-refractivity contribution in [3.8, 4) is 0 Å². The lowest BCUT2D eigenvalue weighted by atomic mass is 10.0. The highest BCUT2D eigenvalue weighted by Crippen LogP contribution is 2.03. The third-order valence-electron chi connectivity index (χ3n) is 2.70. The number of rotatable bonds is 7. The molecule has 1 unspecified atom stereocenters. The summed E-state index contributed by atoms with van der Waals surface area (Å²) < 4.78 is 0. The molecule has 0 aromatic heterocycles. The van der Waals surface area contributed by atoms with Crippen LogP contribution in [-0.4, -0.2) is 49.6 Å². The molecule has 0 fully saturated rings. The second-order valence-corrected chi connectivity index (χ2v) is 4.84. The summed E-state index contributed by atoms with van der Waals surface area (Å²) in [6.07, 6.45) is 0.836. The molecule has 0 aromatic carbocycles. The van der Waals surface area contributed by atoms with Crippen LogP contribution in [0, 0.1) is 5.92 Å². The predicted molar refractivity (Wildman–Crippen MR) is 72.1 cm³/mol. The highest BCUT2D eigenvalue weighted by atomic mass is 16.2. The lowest BCUT2D eigenvalue weighted by Gasteiger charge is -2.20. The number of hydrogen-bond donors (Lipinski definition) is 3. The molecular formula is C12H26N4O2. The van der Waals surface area contributed by atoms with E-state index in [2.05, 4.69) is 24.5 Å². The van der Waals surface area contributed by atoms with Crippen LogP contribution in [-0.2, 0) is 4.79 Å². The number of carbonyl (C=O) groups excluding carboxylic acids is 2. The number of amides is 3. The largest absolute Gasteiger partial charge is 0.338 e. The maximum atomic E-state index is 11.5. The maximum Gasteiger partial charge on any atom is 0.321 e. The second-order valence-electron chi connectivity index (χ2n) is 4.84. The van der Waals surface area contributed by atoms with Crippen molar-refractivity contribution in [2.24, 2.45) is 11.7 Å². The average molecular weight is 258 g/mol. The number of likely N-dealkylation sites (N-methyl/N-ethyl adjacent to an activating group) is 1. The van der Waals surface area contributed by atoms with Crippen LogP contribution in [0.4, 0.5) is 4.79 Å². The first-order valence-electron chi connectivity index (χ1n) is 6.38. The van der Waals surface area contributed by atoms with Crippen molar-refractivity contribution < 1.29 is 9.59 Å². The molecule has 18 heavy (non-hydrogen) atoms. The van der Waals surface area contributed by atoms with Crippen LogP contribution in [0.25, 0.3) is 0 Å². The zero-order valence-corrected chi connectivity index (χ0v) is 11.8. The molecule has 6 heteroatoms. The second kappa shape index (κ2) is 8.88. The quantitative estimate of drug-likeness (QED) is 0.606. The van der Waals surface area contributed by atoms with Gasteiger partial charge in [0.1, 0.15) is 0 Å². The van der Waals surface area contributed by atoms with Gasteiger partial charge in [-0.05, 0) is 32.9 Å². The van der Waals surface area contributed by atoms with Gasteiger partial charge in [-0.1, -0.05) is 13.8 Å². The van der Waals surface area contributed by atoms with E-state index in [1.165, 1.54) is 0 Å². The first kappa shape index (κ1) is 16.9. The van der Waals surface area contributed by atoms with Crippen molar-refractivity contribution in [1.82, 2.24) is 15.5 Å². The van der Waals surface area contributed by atoms with Gasteiger partial charge in [0.2, 0.25) is 5.91 Å². The minimum absolute atomic E-state index is 0.138. The molecule has 0 heterocycles. The molecule has 0 aliphatic carbocycles. The van der Waals surface area contributed by atoms with Gasteiger partial charge in [-0.15, -0.1) is 0 Å². The first-order chi connectivity index (χ1) is 8.36. The number of carbonyl (C=O) groups is 2. The molecule has 106 valence electrons. The smallest absolute Gasteiger partial charge is 0.321 e. The Labute approximate surface area is 109 Å². The predicted octanol–water partition coefficient (Wildman–Crippen LogP) is 0.137. The van der Waals surface area contributed by atoms with Gasteiger partial charge < -0.3 is 11.1 Å². The van der Waals surface area contributed by atoms with Gasteiger partial charge in [0.15, 0.2) is 0 Å². The lowest BCUT2D eigenvalue weighted by Crippen LogP contribution is -2.44. The fraction of sp³-hybridized carbons (Fsp3) is 0.833. The van der Waals surface area contributed by atoms with Gasteiger partial charge in [0, 0.05) is 12.6 Å². The van der Waals surface area contributed by atoms with Crippen LogP contribution in [0.5, 0.6) is 0 Å². The van der Waals surface area contributed by atoms with E-state index in [9.17, 15) is 9.59 Å². The van der Waals surface area contributed by atoms with Crippen molar-refractivity contribution in [1.29, 1.82) is 0 Å². The van der Waals surface area contributed by atoms with Crippen molar-refractivity contribution in [3.63, 3.8) is 0 Å². The number of nitrogens with one attached hydrogen (secondary N) is 2. The Morgan fingerprint density at radius 2 is 1.94 bits per heavy atom. The normalized spacial score (nSPS) is 12.6.